The lowest BCUT2D eigenvalue weighted by Crippen LogP contribution is -2.25. The number of hydrogen-bond acceptors (Lipinski definition) is 6. The summed E-state index contributed by atoms with van der Waals surface area (Å²) in [4.78, 5) is -2.47. The second kappa shape index (κ2) is 13.3. The molecule has 3 aliphatic carbocycles. The Morgan fingerprint density at radius 3 is 1.41 bits per heavy atom. The van der Waals surface area contributed by atoms with Gasteiger partial charge in [-0.15, -0.1) is 0 Å². The molecule has 0 aromatic heterocycles. The number of halogens is 6. The standard InChI is InChI=1S/C32H38F6O6S2/c33-31(34,35)28-26(16-17-27(45(39,40)41)29(28)32(36,37)38)44-46(42,43)30-24(21-12-6-2-7-13-21)18-23(20-10-4-1-5-11-20)19-25(30)22-14-8-3-9-15-22/h16-22H,1-15H2,(H,39,40,41)/p-1. The van der Waals surface area contributed by atoms with Crippen molar-refractivity contribution in [2.45, 2.75) is 136 Å². The second-order valence-corrected chi connectivity index (χ2v) is 15.7. The number of rotatable bonds is 7. The average molecular weight is 696 g/mol. The summed E-state index contributed by atoms with van der Waals surface area (Å²) in [6, 6.07) is 3.83. The van der Waals surface area contributed by atoms with E-state index in [4.69, 9.17) is 4.18 Å². The van der Waals surface area contributed by atoms with E-state index in [1.807, 2.05) is 12.1 Å². The van der Waals surface area contributed by atoms with E-state index in [-0.39, 0.29) is 34.8 Å². The first-order chi connectivity index (χ1) is 21.5. The summed E-state index contributed by atoms with van der Waals surface area (Å²) in [6.07, 6.45) is 0.757. The molecule has 5 rings (SSSR count). The van der Waals surface area contributed by atoms with Crippen LogP contribution in [0.15, 0.2) is 34.1 Å². The van der Waals surface area contributed by atoms with Gasteiger partial charge in [-0.3, -0.25) is 0 Å². The third-order valence-electron chi connectivity index (χ3n) is 9.75. The molecule has 3 fully saturated rings. The first-order valence-corrected chi connectivity index (χ1v) is 18.7. The fraction of sp³-hybridized carbons (Fsp3) is 0.625. The first kappa shape index (κ1) is 35.0. The van der Waals surface area contributed by atoms with Crippen molar-refractivity contribution >= 4 is 20.2 Å². The average Bonchev–Trinajstić information content (AvgIpc) is 3.00. The number of benzene rings is 2. The van der Waals surface area contributed by atoms with E-state index in [2.05, 4.69) is 0 Å². The predicted molar refractivity (Wildman–Crippen MR) is 156 cm³/mol. The number of alkyl halides is 6. The lowest BCUT2D eigenvalue weighted by molar-refractivity contribution is -0.164. The molecule has 14 heteroatoms. The Bertz CT molecular complexity index is 1590. The molecule has 2 aromatic carbocycles. The largest absolute Gasteiger partial charge is 0.744 e. The fourth-order valence-corrected chi connectivity index (χ4v) is 9.85. The fourth-order valence-electron chi connectivity index (χ4n) is 7.66. The van der Waals surface area contributed by atoms with Gasteiger partial charge in [0, 0.05) is 0 Å². The SMILES string of the molecule is O=S(=O)([O-])c1ccc(OS(=O)(=O)c2c(C3CCCCC3)cc(C3CCCCC3)cc2C2CCCCC2)c(C(F)(F)F)c1C(F)(F)F. The van der Waals surface area contributed by atoms with Crippen molar-refractivity contribution < 1.29 is 51.9 Å². The van der Waals surface area contributed by atoms with Gasteiger partial charge in [0.1, 0.15) is 20.6 Å². The minimum atomic E-state index is -6.05. The van der Waals surface area contributed by atoms with E-state index in [1.165, 1.54) is 0 Å². The summed E-state index contributed by atoms with van der Waals surface area (Å²) in [6.45, 7) is 0. The molecular weight excluding hydrogens is 658 g/mol. The molecule has 0 heterocycles. The van der Waals surface area contributed by atoms with Crippen LogP contribution in [0.1, 0.15) is 142 Å². The summed E-state index contributed by atoms with van der Waals surface area (Å²) in [5.74, 6) is -2.04. The zero-order valence-corrected chi connectivity index (χ0v) is 26.8. The van der Waals surface area contributed by atoms with Gasteiger partial charge in [0.15, 0.2) is 5.75 Å². The molecule has 0 radical (unpaired) electrons. The molecule has 46 heavy (non-hydrogen) atoms. The highest BCUT2D eigenvalue weighted by Gasteiger charge is 2.49. The van der Waals surface area contributed by atoms with Gasteiger partial charge in [0.05, 0.1) is 10.5 Å². The third-order valence-corrected chi connectivity index (χ3v) is 12.0. The summed E-state index contributed by atoms with van der Waals surface area (Å²) >= 11 is 0. The Hall–Kier alpha value is -2.32. The van der Waals surface area contributed by atoms with E-state index in [0.717, 1.165) is 76.2 Å². The maximum absolute atomic E-state index is 14.3. The minimum Gasteiger partial charge on any atom is -0.744 e. The van der Waals surface area contributed by atoms with Crippen molar-refractivity contribution in [2.24, 2.45) is 0 Å². The zero-order valence-electron chi connectivity index (χ0n) is 25.2. The first-order valence-electron chi connectivity index (χ1n) is 15.9. The molecular formula is C32H37F6O6S2-. The third kappa shape index (κ3) is 7.53. The predicted octanol–water partition coefficient (Wildman–Crippen LogP) is 9.54. The molecule has 3 aliphatic rings. The molecule has 0 aliphatic heterocycles. The van der Waals surface area contributed by atoms with E-state index in [0.29, 0.717) is 36.8 Å². The Balaban J connectivity index is 1.75. The topological polar surface area (TPSA) is 101 Å². The van der Waals surface area contributed by atoms with Crippen molar-refractivity contribution in [2.75, 3.05) is 0 Å². The van der Waals surface area contributed by atoms with Crippen LogP contribution in [-0.4, -0.2) is 21.4 Å². The second-order valence-electron chi connectivity index (χ2n) is 12.8. The van der Waals surface area contributed by atoms with Crippen LogP contribution in [0.3, 0.4) is 0 Å². The van der Waals surface area contributed by atoms with Crippen LogP contribution in [0.4, 0.5) is 26.3 Å². The highest BCUT2D eigenvalue weighted by molar-refractivity contribution is 7.87. The summed E-state index contributed by atoms with van der Waals surface area (Å²) in [7, 11) is -11.3. The molecule has 2 aromatic rings. The molecule has 6 nitrogen and oxygen atoms in total. The van der Waals surface area contributed by atoms with Gasteiger partial charge in [0.25, 0.3) is 0 Å². The maximum Gasteiger partial charge on any atom is 0.420 e. The van der Waals surface area contributed by atoms with Crippen LogP contribution in [0.5, 0.6) is 5.75 Å². The van der Waals surface area contributed by atoms with Crippen molar-refractivity contribution in [3.63, 3.8) is 0 Å². The van der Waals surface area contributed by atoms with Gasteiger partial charge in [-0.05, 0) is 85.1 Å². The molecule has 0 spiro atoms. The van der Waals surface area contributed by atoms with Crippen LogP contribution in [0, 0.1) is 0 Å². The van der Waals surface area contributed by atoms with Crippen molar-refractivity contribution in [1.29, 1.82) is 0 Å². The van der Waals surface area contributed by atoms with Crippen LogP contribution < -0.4 is 4.18 Å². The molecule has 0 atom stereocenters. The van der Waals surface area contributed by atoms with Gasteiger partial charge in [-0.1, -0.05) is 69.9 Å². The Kier molecular flexibility index (Phi) is 10.1. The zero-order chi connectivity index (χ0) is 33.5. The van der Waals surface area contributed by atoms with Gasteiger partial charge in [-0.25, -0.2) is 8.42 Å². The molecule has 0 N–H and O–H groups in total. The molecule has 0 saturated heterocycles. The summed E-state index contributed by atoms with van der Waals surface area (Å²) in [5.41, 5.74) is -3.67. The van der Waals surface area contributed by atoms with Gasteiger partial charge >= 0.3 is 22.5 Å². The van der Waals surface area contributed by atoms with Gasteiger partial charge in [-0.2, -0.15) is 34.8 Å². The Morgan fingerprint density at radius 2 is 1.02 bits per heavy atom. The Labute approximate surface area is 265 Å². The van der Waals surface area contributed by atoms with E-state index < -0.39 is 54.4 Å². The smallest absolute Gasteiger partial charge is 0.420 e. The Morgan fingerprint density at radius 1 is 0.609 bits per heavy atom. The molecule has 0 bridgehead atoms. The van der Waals surface area contributed by atoms with Crippen molar-refractivity contribution in [1.82, 2.24) is 0 Å². The summed E-state index contributed by atoms with van der Waals surface area (Å²) in [5, 5.41) is 0. The van der Waals surface area contributed by atoms with Crippen molar-refractivity contribution in [3.8, 4) is 5.75 Å². The molecule has 256 valence electrons. The highest BCUT2D eigenvalue weighted by Crippen LogP contribution is 2.50. The minimum absolute atomic E-state index is 0.0154. The van der Waals surface area contributed by atoms with Crippen LogP contribution in [0.2, 0.25) is 0 Å². The summed E-state index contributed by atoms with van der Waals surface area (Å²) < 4.78 is 154. The van der Waals surface area contributed by atoms with E-state index >= 15 is 0 Å². The van der Waals surface area contributed by atoms with Gasteiger partial charge in [0.2, 0.25) is 0 Å². The normalized spacial score (nSPS) is 20.2. The highest BCUT2D eigenvalue weighted by atomic mass is 32.2. The van der Waals surface area contributed by atoms with Gasteiger partial charge < -0.3 is 8.74 Å². The number of hydrogen-bond donors (Lipinski definition) is 0. The quantitative estimate of drug-likeness (QED) is 0.163. The van der Waals surface area contributed by atoms with Crippen molar-refractivity contribution in [3.05, 3.63) is 52.1 Å². The van der Waals surface area contributed by atoms with Crippen LogP contribution in [0.25, 0.3) is 0 Å². The molecule has 3 saturated carbocycles. The van der Waals surface area contributed by atoms with E-state index in [1.54, 1.807) is 0 Å². The maximum atomic E-state index is 14.3. The lowest BCUT2D eigenvalue weighted by Gasteiger charge is -2.32. The monoisotopic (exact) mass is 695 g/mol. The molecule has 0 unspecified atom stereocenters. The van der Waals surface area contributed by atoms with Crippen LogP contribution >= 0.6 is 0 Å². The van der Waals surface area contributed by atoms with Crippen LogP contribution in [-0.2, 0) is 32.6 Å². The molecule has 0 amide bonds. The lowest BCUT2D eigenvalue weighted by atomic mass is 9.76. The van der Waals surface area contributed by atoms with E-state index in [9.17, 15) is 47.7 Å².